The van der Waals surface area contributed by atoms with Crippen molar-refractivity contribution in [2.75, 3.05) is 24.7 Å². The van der Waals surface area contributed by atoms with Crippen LogP contribution in [0.3, 0.4) is 0 Å². The van der Waals surface area contributed by atoms with Crippen LogP contribution in [0.15, 0.2) is 125 Å². The monoisotopic (exact) mass is 1260 g/mol. The Morgan fingerprint density at radius 2 is 1.04 bits per heavy atom. The second-order valence-electron chi connectivity index (χ2n) is 13.7. The summed E-state index contributed by atoms with van der Waals surface area (Å²) in [6.07, 6.45) is 0. The van der Waals surface area contributed by atoms with E-state index in [1.54, 1.807) is 0 Å². The van der Waals surface area contributed by atoms with Crippen LogP contribution >= 0.6 is 24.4 Å². The minimum Gasteiger partial charge on any atom is 1.00 e. The number of hydrogen-bond donors (Lipinski definition) is 2. The normalized spacial score (nSPS) is 11.9. The predicted octanol–water partition coefficient (Wildman–Crippen LogP) is -10.2. The minimum atomic E-state index is -5.28. The Labute approximate surface area is 535 Å². The molecule has 0 saturated heterocycles. The van der Waals surface area contributed by atoms with E-state index in [1.165, 1.54) is 80.6 Å². The Kier molecular flexibility index (Phi) is 30.3. The van der Waals surface area contributed by atoms with Gasteiger partial charge in [0.1, 0.15) is 10.1 Å². The molecule has 0 aliphatic rings. The molecule has 0 fully saturated rings. The molecule has 28 nitrogen and oxygen atoms in total. The largest absolute Gasteiger partial charge is 1.00 e. The van der Waals surface area contributed by atoms with Crippen LogP contribution in [0.1, 0.15) is 11.4 Å². The maximum absolute atomic E-state index is 12.7. The SMILES string of the molecule is Cc1nn(-c2ccc(S(=O)(=O)CCOS(=O)(=O)[O-])cc2)c(O)c1N=Nc1ccc(-c2ccc(N=Nc3c(C)nn(-c4ccc(S(=O)(=O)CCOSOO[O-])cc4)c3O)cc2S(=O)(=O)[O-])c(SOO[O-])c1.[GeH5-].[Na+].[Na+].[Na+].[Na+]. The van der Waals surface area contributed by atoms with Crippen LogP contribution in [0.25, 0.3) is 22.5 Å². The Morgan fingerprint density at radius 3 is 1.48 bits per heavy atom. The number of benzene rings is 4. The molecule has 2 heterocycles. The number of aryl methyl sites for hydroxylation is 2. The molecule has 0 bridgehead atoms. The molecule has 0 atom stereocenters. The molecule has 384 valence electrons. The Hall–Kier alpha value is -1.26. The fourth-order valence-electron chi connectivity index (χ4n) is 6.02. The van der Waals surface area contributed by atoms with Crippen LogP contribution in [0.2, 0.25) is 0 Å². The zero-order valence-corrected chi connectivity index (χ0v) is 52.1. The van der Waals surface area contributed by atoms with Gasteiger partial charge < -0.3 is 29.8 Å². The summed E-state index contributed by atoms with van der Waals surface area (Å²) >= 11 is 0.471. The van der Waals surface area contributed by atoms with Gasteiger partial charge in [0.2, 0.25) is 22.2 Å². The first kappa shape index (κ1) is 71.8. The first-order valence-corrected chi connectivity index (χ1v) is 26.3. The number of aromatic hydroxyl groups is 2. The Balaban J connectivity index is 0.00000562. The molecule has 6 aromatic rings. The maximum atomic E-state index is 12.7. The van der Waals surface area contributed by atoms with Crippen molar-refractivity contribution in [3.63, 3.8) is 0 Å². The quantitative estimate of drug-likeness (QED) is 0.00879. The van der Waals surface area contributed by atoms with Gasteiger partial charge in [-0.05, 0) is 92.2 Å². The van der Waals surface area contributed by atoms with Crippen LogP contribution in [0.4, 0.5) is 22.7 Å². The molecule has 2 N–H and O–H groups in total. The molecule has 0 saturated carbocycles. The van der Waals surface area contributed by atoms with Gasteiger partial charge in [0.25, 0.3) is 0 Å². The summed E-state index contributed by atoms with van der Waals surface area (Å²) in [6, 6.07) is 17.3. The first-order chi connectivity index (χ1) is 33.0. The van der Waals surface area contributed by atoms with Crippen molar-refractivity contribution in [1.29, 1.82) is 0 Å². The third-order valence-corrected chi connectivity index (χ3v) is 14.9. The molecule has 6 rings (SSSR count). The van der Waals surface area contributed by atoms with Gasteiger partial charge in [0, 0.05) is 10.5 Å². The van der Waals surface area contributed by atoms with Crippen LogP contribution in [0, 0.1) is 13.8 Å². The van der Waals surface area contributed by atoms with Gasteiger partial charge in [-0.2, -0.15) is 34.1 Å². The van der Waals surface area contributed by atoms with E-state index in [2.05, 4.69) is 53.6 Å². The van der Waals surface area contributed by atoms with E-state index in [-0.39, 0.29) is 226 Å². The predicted molar refractivity (Wildman–Crippen MR) is 244 cm³/mol. The second-order valence-corrected chi connectivity index (χ2v) is 21.5. The van der Waals surface area contributed by atoms with E-state index < -0.39 is 75.0 Å². The number of sulfone groups is 2. The van der Waals surface area contributed by atoms with E-state index in [0.29, 0.717) is 12.0 Å². The second kappa shape index (κ2) is 31.7. The molecule has 39 heteroatoms. The molecule has 0 unspecified atom stereocenters. The smallest absolute Gasteiger partial charge is 1.00 e. The van der Waals surface area contributed by atoms with Crippen LogP contribution in [-0.2, 0) is 67.3 Å². The molecule has 0 spiro atoms. The molecule has 0 radical (unpaired) electrons. The van der Waals surface area contributed by atoms with E-state index >= 15 is 0 Å². The molecular formula is C36H35GeN8Na4O20S6-. The number of aromatic nitrogens is 4. The number of nitrogens with zero attached hydrogens (tertiary/aromatic N) is 8. The van der Waals surface area contributed by atoms with Crippen molar-refractivity contribution in [3.8, 4) is 34.3 Å². The molecular weight excluding hydrogens is 1220 g/mol. The van der Waals surface area contributed by atoms with E-state index in [4.69, 9.17) is 4.18 Å². The van der Waals surface area contributed by atoms with E-state index in [1.807, 2.05) is 0 Å². The average Bonchev–Trinajstić information content (AvgIpc) is 3.76. The topological polar surface area (TPSA) is 410 Å². The first-order valence-electron chi connectivity index (χ1n) is 18.8. The molecule has 4 aromatic carbocycles. The van der Waals surface area contributed by atoms with E-state index in [0.717, 1.165) is 27.6 Å². The minimum absolute atomic E-state index is 0. The zero-order valence-electron chi connectivity index (χ0n) is 39.2. The summed E-state index contributed by atoms with van der Waals surface area (Å²) in [5.74, 6) is -2.37. The standard InChI is InChI=1S/C36H34N8O20S6.GeH5.4Na/c1-21-33(35(45)43(41-21)26-7-11-28(12-8-26)68(51,52)18-16-60-70(56,57)58)39-37-23-3-13-29(31(19-23)65-63-61-47)30-14-4-24(20-32(30)69(53,54)55)38-40-34-22(2)42-44(36(34)46)25-5-9-27(10-6-25)67(49,50)17-15-59-66-64-62-48;;;;;/h3-14,19-20,45-48H,15-18H2,1-2H3,(H,53,54,55)(H,56,57,58);1H5;;;;/q;-1;4*+1/p-4. The zero-order chi connectivity index (χ0) is 51.0. The summed E-state index contributed by atoms with van der Waals surface area (Å²) in [6.45, 7) is 1.69. The van der Waals surface area contributed by atoms with Crippen LogP contribution in [-0.4, -0.2) is 115 Å². The summed E-state index contributed by atoms with van der Waals surface area (Å²) in [7, 11) is -18.3. The Morgan fingerprint density at radius 1 is 0.600 bits per heavy atom. The van der Waals surface area contributed by atoms with Crippen molar-refractivity contribution in [3.05, 3.63) is 96.3 Å². The number of hydrogen-bond acceptors (Lipinski definition) is 28. The van der Waals surface area contributed by atoms with Crippen molar-refractivity contribution >= 4 is 105 Å². The van der Waals surface area contributed by atoms with Gasteiger partial charge in [-0.1, -0.05) is 12.1 Å². The van der Waals surface area contributed by atoms with Gasteiger partial charge in [-0.25, -0.2) is 33.7 Å². The van der Waals surface area contributed by atoms with Gasteiger partial charge >= 0.3 is 136 Å². The van der Waals surface area contributed by atoms with Crippen molar-refractivity contribution < 1.29 is 209 Å². The van der Waals surface area contributed by atoms with E-state index in [9.17, 15) is 63.5 Å². The molecule has 0 aliphatic heterocycles. The third kappa shape index (κ3) is 19.5. The molecule has 2 aromatic heterocycles. The fourth-order valence-corrected chi connectivity index (χ4v) is 10.2. The van der Waals surface area contributed by atoms with Crippen molar-refractivity contribution in [2.45, 2.75) is 33.4 Å². The molecule has 0 aliphatic carbocycles. The van der Waals surface area contributed by atoms with Crippen molar-refractivity contribution in [2.24, 2.45) is 20.5 Å². The van der Waals surface area contributed by atoms with Gasteiger partial charge in [0.05, 0.1) is 85.6 Å². The van der Waals surface area contributed by atoms with Crippen molar-refractivity contribution in [1.82, 2.24) is 19.6 Å². The molecule has 0 amide bonds. The maximum Gasteiger partial charge on any atom is 1.00 e. The average molecular weight is 1260 g/mol. The Bertz CT molecular complexity index is 3420. The fraction of sp³-hybridized carbons (Fsp3) is 0.167. The third-order valence-electron chi connectivity index (χ3n) is 9.18. The summed E-state index contributed by atoms with van der Waals surface area (Å²) < 4.78 is 140. The van der Waals surface area contributed by atoms with Crippen LogP contribution < -0.4 is 129 Å². The molecule has 75 heavy (non-hydrogen) atoms. The number of azo groups is 2. The summed E-state index contributed by atoms with van der Waals surface area (Å²) in [4.78, 5) is -1.18. The van der Waals surface area contributed by atoms with Crippen LogP contribution in [0.5, 0.6) is 11.8 Å². The number of rotatable bonds is 23. The summed E-state index contributed by atoms with van der Waals surface area (Å²) in [5.41, 5.74) is 0.00985. The van der Waals surface area contributed by atoms with Gasteiger partial charge in [-0.15, -0.1) is 14.6 Å². The van der Waals surface area contributed by atoms with Gasteiger partial charge in [-0.3, -0.25) is 18.4 Å². The summed E-state index contributed by atoms with van der Waals surface area (Å²) in [5, 5.41) is 73.8. The van der Waals surface area contributed by atoms with Gasteiger partial charge in [0.15, 0.2) is 43.4 Å².